The first-order valence-electron chi connectivity index (χ1n) is 10.4. The molecule has 0 atom stereocenters. The molecule has 2 aromatic carbocycles. The molecule has 0 heterocycles. The Labute approximate surface area is 195 Å². The molecule has 0 aliphatic heterocycles. The van der Waals surface area contributed by atoms with E-state index in [1.807, 2.05) is 47.6 Å². The van der Waals surface area contributed by atoms with Gasteiger partial charge in [0.05, 0.1) is 5.57 Å². The third-order valence-corrected chi connectivity index (χ3v) is 3.93. The second-order valence-electron chi connectivity index (χ2n) is 5.54. The lowest BCUT2D eigenvalue weighted by atomic mass is 10.1. The predicted octanol–water partition coefficient (Wildman–Crippen LogP) is 5.63. The van der Waals surface area contributed by atoms with Crippen LogP contribution in [0.5, 0.6) is 28.7 Å². The van der Waals surface area contributed by atoms with E-state index in [1.54, 1.807) is 13.0 Å². The van der Waals surface area contributed by atoms with E-state index in [0.717, 1.165) is 0 Å². The molecular weight excluding hydrogens is 428 g/mol. The fourth-order valence-electron chi connectivity index (χ4n) is 2.23. The van der Waals surface area contributed by atoms with Gasteiger partial charge in [0.15, 0.2) is 28.7 Å². The number of aryl methyl sites for hydroxylation is 1. The van der Waals surface area contributed by atoms with Crippen molar-refractivity contribution in [1.29, 1.82) is 5.26 Å². The van der Waals surface area contributed by atoms with Crippen molar-refractivity contribution >= 4 is 23.3 Å². The number of benzene rings is 2. The van der Waals surface area contributed by atoms with Crippen molar-refractivity contribution in [2.45, 2.75) is 55.0 Å². The molecule has 0 unspecified atom stereocenters. The number of nitriles is 1. The summed E-state index contributed by atoms with van der Waals surface area (Å²) in [5.41, 5.74) is 1.49. The molecule has 6 N–H and O–H groups in total. The van der Waals surface area contributed by atoms with E-state index >= 15 is 0 Å². The number of nitrogens with zero attached hydrogens (tertiary/aromatic N) is 1. The fourth-order valence-corrected chi connectivity index (χ4v) is 2.40. The number of hydrogen-bond donors (Lipinski definition) is 6. The van der Waals surface area contributed by atoms with E-state index in [1.165, 1.54) is 24.3 Å². The monoisotopic (exact) mass is 462 g/mol. The lowest BCUT2D eigenvalue weighted by Crippen LogP contribution is -2.22. The molecule has 2 aromatic rings. The lowest BCUT2D eigenvalue weighted by Gasteiger charge is -2.10. The number of aromatic hydroxyl groups is 5. The first-order valence-corrected chi connectivity index (χ1v) is 10.8. The fraction of sp³-hybridized carbons (Fsp3) is 0.333. The molecule has 32 heavy (non-hydrogen) atoms. The molecule has 8 heteroatoms. The van der Waals surface area contributed by atoms with Crippen LogP contribution in [0.1, 0.15) is 58.2 Å². The average molecular weight is 463 g/mol. The summed E-state index contributed by atoms with van der Waals surface area (Å²) < 4.78 is 0. The zero-order valence-corrected chi connectivity index (χ0v) is 20.5. The first kappa shape index (κ1) is 30.8. The van der Waals surface area contributed by atoms with Crippen molar-refractivity contribution in [3.63, 3.8) is 0 Å². The summed E-state index contributed by atoms with van der Waals surface area (Å²) in [6.45, 7) is 13.7. The van der Waals surface area contributed by atoms with Gasteiger partial charge in [-0.2, -0.15) is 5.26 Å². The maximum absolute atomic E-state index is 9.65. The van der Waals surface area contributed by atoms with Gasteiger partial charge in [-0.25, -0.2) is 0 Å². The number of rotatable bonds is 4. The number of phenolic OH excluding ortho intramolecular Hbond substituents is 5. The number of phenols is 5. The Hall–Kier alpha value is -3.44. The van der Waals surface area contributed by atoms with Gasteiger partial charge in [-0.3, -0.25) is 0 Å². The molecule has 0 aliphatic carbocycles. The third kappa shape index (κ3) is 9.14. The van der Waals surface area contributed by atoms with Crippen LogP contribution in [0.4, 0.5) is 0 Å². The molecule has 2 rings (SSSR count). The zero-order chi connectivity index (χ0) is 25.4. The molecule has 0 fully saturated rings. The van der Waals surface area contributed by atoms with Gasteiger partial charge in [0.2, 0.25) is 0 Å². The minimum absolute atomic E-state index is 0.0963. The lowest BCUT2D eigenvalue weighted by molar-refractivity contribution is 0.367. The topological polar surface area (TPSA) is 137 Å². The second kappa shape index (κ2) is 16.3. The van der Waals surface area contributed by atoms with Crippen LogP contribution in [0, 0.1) is 18.3 Å². The Morgan fingerprint density at radius 1 is 0.875 bits per heavy atom. The van der Waals surface area contributed by atoms with E-state index < -0.39 is 17.2 Å². The third-order valence-electron chi connectivity index (χ3n) is 3.56. The van der Waals surface area contributed by atoms with E-state index in [-0.39, 0.29) is 28.6 Å². The van der Waals surface area contributed by atoms with Gasteiger partial charge < -0.3 is 30.8 Å². The van der Waals surface area contributed by atoms with E-state index in [2.05, 4.69) is 5.32 Å². The maximum atomic E-state index is 9.65. The van der Waals surface area contributed by atoms with Crippen molar-refractivity contribution in [1.82, 2.24) is 5.32 Å². The Balaban J connectivity index is 0. The summed E-state index contributed by atoms with van der Waals surface area (Å²) in [6, 6.07) is 7.34. The van der Waals surface area contributed by atoms with Gasteiger partial charge in [0, 0.05) is 6.54 Å². The van der Waals surface area contributed by atoms with Gasteiger partial charge in [-0.05, 0) is 54.0 Å². The molecule has 0 bridgehead atoms. The van der Waals surface area contributed by atoms with Crippen molar-refractivity contribution in [2.75, 3.05) is 0 Å². The molecule has 0 aliphatic rings. The van der Waals surface area contributed by atoms with Crippen LogP contribution in [0.15, 0.2) is 29.8 Å². The van der Waals surface area contributed by atoms with Crippen molar-refractivity contribution in [3.8, 4) is 34.8 Å². The van der Waals surface area contributed by atoms with Crippen LogP contribution >= 0.6 is 12.2 Å². The SMILES string of the molecule is CC.CC.CC.Cc1cc(/C=C(\C#N)C(=S)NCc2cc(O)c(O)c(O)c2)cc(O)c1O. The quantitative estimate of drug-likeness (QED) is 0.149. The van der Waals surface area contributed by atoms with Gasteiger partial charge >= 0.3 is 0 Å². The highest BCUT2D eigenvalue weighted by Crippen LogP contribution is 2.35. The van der Waals surface area contributed by atoms with Gasteiger partial charge in [-0.1, -0.05) is 53.8 Å². The van der Waals surface area contributed by atoms with E-state index in [0.29, 0.717) is 16.7 Å². The van der Waals surface area contributed by atoms with Gasteiger partial charge in [0.1, 0.15) is 11.1 Å². The molecule has 176 valence electrons. The molecule has 0 saturated carbocycles. The molecule has 0 amide bonds. The maximum Gasteiger partial charge on any atom is 0.200 e. The van der Waals surface area contributed by atoms with Crippen LogP contribution in [-0.2, 0) is 6.54 Å². The van der Waals surface area contributed by atoms with Crippen molar-refractivity contribution in [2.24, 2.45) is 0 Å². The normalized spacial score (nSPS) is 9.50. The van der Waals surface area contributed by atoms with Crippen LogP contribution in [-0.4, -0.2) is 30.5 Å². The number of hydrogen-bond acceptors (Lipinski definition) is 7. The minimum atomic E-state index is -0.614. The second-order valence-corrected chi connectivity index (χ2v) is 5.95. The highest BCUT2D eigenvalue weighted by atomic mass is 32.1. The Bertz CT molecular complexity index is 904. The predicted molar refractivity (Wildman–Crippen MR) is 133 cm³/mol. The van der Waals surface area contributed by atoms with Crippen molar-refractivity contribution in [3.05, 3.63) is 46.5 Å². The first-order chi connectivity index (χ1) is 15.2. The van der Waals surface area contributed by atoms with Crippen LogP contribution < -0.4 is 5.32 Å². The highest BCUT2D eigenvalue weighted by molar-refractivity contribution is 7.80. The molecule has 0 saturated heterocycles. The van der Waals surface area contributed by atoms with Gasteiger partial charge in [0.25, 0.3) is 0 Å². The van der Waals surface area contributed by atoms with E-state index in [4.69, 9.17) is 12.2 Å². The molecule has 0 spiro atoms. The molecule has 0 radical (unpaired) electrons. The van der Waals surface area contributed by atoms with Crippen LogP contribution in [0.2, 0.25) is 0 Å². The Morgan fingerprint density at radius 2 is 1.34 bits per heavy atom. The summed E-state index contributed by atoms with van der Waals surface area (Å²) >= 11 is 5.17. The van der Waals surface area contributed by atoms with Crippen LogP contribution in [0.25, 0.3) is 6.08 Å². The smallest absolute Gasteiger partial charge is 0.200 e. The molecular formula is C24H34N2O5S. The number of nitrogens with one attached hydrogen (secondary N) is 1. The highest BCUT2D eigenvalue weighted by Gasteiger charge is 2.11. The summed E-state index contributed by atoms with van der Waals surface area (Å²) in [4.78, 5) is 0.116. The standard InChI is InChI=1S/C18H16N2O5S.3C2H6/c1-9-2-10(4-13(21)16(9)24)3-12(7-19)18(26)20-8-11-5-14(22)17(25)15(23)6-11;3*1-2/h2-6,21-25H,8H2,1H3,(H,20,26);3*1-2H3/b12-3+;;;. The van der Waals surface area contributed by atoms with Crippen molar-refractivity contribution < 1.29 is 25.5 Å². The summed E-state index contributed by atoms with van der Waals surface area (Å²) in [6.07, 6.45) is 1.45. The molecule has 0 aromatic heterocycles. The Kier molecular flexibility index (Phi) is 15.6. The minimum Gasteiger partial charge on any atom is -0.504 e. The van der Waals surface area contributed by atoms with Crippen LogP contribution in [0.3, 0.4) is 0 Å². The average Bonchev–Trinajstić information content (AvgIpc) is 2.81. The zero-order valence-electron chi connectivity index (χ0n) is 19.7. The summed E-state index contributed by atoms with van der Waals surface area (Å²) in [5.74, 6) is -2.09. The largest absolute Gasteiger partial charge is 0.504 e. The van der Waals surface area contributed by atoms with E-state index in [9.17, 15) is 30.8 Å². The number of thiocarbonyl (C=S) groups is 1. The summed E-state index contributed by atoms with van der Waals surface area (Å²) in [5, 5.41) is 59.6. The van der Waals surface area contributed by atoms with Gasteiger partial charge in [-0.15, -0.1) is 0 Å². The Morgan fingerprint density at radius 3 is 1.78 bits per heavy atom. The molecule has 7 nitrogen and oxygen atoms in total. The summed E-state index contributed by atoms with van der Waals surface area (Å²) in [7, 11) is 0.